The second kappa shape index (κ2) is 8.43. The SMILES string of the molecule is CCCN(CCC)C(=O)CN1CCC(c2nnc3ccccn23)CC1. The average Bonchev–Trinajstić information content (AvgIpc) is 3.06. The fourth-order valence-corrected chi connectivity index (χ4v) is 3.68. The van der Waals surface area contributed by atoms with Gasteiger partial charge in [0, 0.05) is 25.2 Å². The maximum atomic E-state index is 12.5. The summed E-state index contributed by atoms with van der Waals surface area (Å²) in [6, 6.07) is 5.99. The lowest BCUT2D eigenvalue weighted by Crippen LogP contribution is -2.43. The molecule has 3 rings (SSSR count). The molecule has 1 fully saturated rings. The number of likely N-dealkylation sites (tertiary alicyclic amines) is 1. The molecule has 1 saturated heterocycles. The van der Waals surface area contributed by atoms with Crippen molar-refractivity contribution >= 4 is 11.6 Å². The third-order valence-corrected chi connectivity index (χ3v) is 4.99. The highest BCUT2D eigenvalue weighted by Crippen LogP contribution is 2.27. The molecule has 0 atom stereocenters. The van der Waals surface area contributed by atoms with Crippen LogP contribution in [0, 0.1) is 0 Å². The van der Waals surface area contributed by atoms with Gasteiger partial charge in [0.2, 0.25) is 5.91 Å². The van der Waals surface area contributed by atoms with E-state index in [-0.39, 0.29) is 5.91 Å². The van der Waals surface area contributed by atoms with E-state index in [1.807, 2.05) is 29.3 Å². The summed E-state index contributed by atoms with van der Waals surface area (Å²) >= 11 is 0. The molecule has 1 amide bonds. The van der Waals surface area contributed by atoms with Gasteiger partial charge in [-0.3, -0.25) is 14.1 Å². The van der Waals surface area contributed by atoms with Crippen LogP contribution in [0.5, 0.6) is 0 Å². The van der Waals surface area contributed by atoms with Crippen molar-refractivity contribution in [1.29, 1.82) is 0 Å². The number of pyridine rings is 1. The largest absolute Gasteiger partial charge is 0.342 e. The highest BCUT2D eigenvalue weighted by molar-refractivity contribution is 5.78. The standard InChI is InChI=1S/C19H29N5O/c1-3-10-23(11-4-2)18(25)15-22-13-8-16(9-14-22)19-21-20-17-7-5-6-12-24(17)19/h5-7,12,16H,3-4,8-11,13-15H2,1-2H3. The number of aromatic nitrogens is 3. The van der Waals surface area contributed by atoms with Crippen molar-refractivity contribution in [3.05, 3.63) is 30.2 Å². The number of fused-ring (bicyclic) bond motifs is 1. The second-order valence-electron chi connectivity index (χ2n) is 6.92. The molecule has 0 N–H and O–H groups in total. The van der Waals surface area contributed by atoms with Crippen molar-refractivity contribution < 1.29 is 4.79 Å². The van der Waals surface area contributed by atoms with Gasteiger partial charge in [-0.2, -0.15) is 0 Å². The van der Waals surface area contributed by atoms with Crippen LogP contribution in [0.25, 0.3) is 5.65 Å². The van der Waals surface area contributed by atoms with Crippen molar-refractivity contribution in [2.45, 2.75) is 45.4 Å². The number of hydrogen-bond donors (Lipinski definition) is 0. The molecular weight excluding hydrogens is 314 g/mol. The van der Waals surface area contributed by atoms with Gasteiger partial charge in [-0.05, 0) is 50.9 Å². The lowest BCUT2D eigenvalue weighted by molar-refractivity contribution is -0.132. The van der Waals surface area contributed by atoms with Crippen molar-refractivity contribution in [3.8, 4) is 0 Å². The number of nitrogens with zero attached hydrogens (tertiary/aromatic N) is 5. The molecule has 0 bridgehead atoms. The summed E-state index contributed by atoms with van der Waals surface area (Å²) in [7, 11) is 0. The highest BCUT2D eigenvalue weighted by atomic mass is 16.2. The molecule has 0 radical (unpaired) electrons. The Morgan fingerprint density at radius 2 is 1.88 bits per heavy atom. The Hall–Kier alpha value is -1.95. The van der Waals surface area contributed by atoms with E-state index in [2.05, 4.69) is 33.3 Å². The summed E-state index contributed by atoms with van der Waals surface area (Å²) in [5.41, 5.74) is 0.907. The molecule has 0 spiro atoms. The van der Waals surface area contributed by atoms with Crippen LogP contribution >= 0.6 is 0 Å². The smallest absolute Gasteiger partial charge is 0.236 e. The quantitative estimate of drug-likeness (QED) is 0.775. The molecule has 1 aliphatic rings. The predicted molar refractivity (Wildman–Crippen MR) is 98.6 cm³/mol. The summed E-state index contributed by atoms with van der Waals surface area (Å²) < 4.78 is 2.09. The number of carbonyl (C=O) groups excluding carboxylic acids is 1. The number of piperidine rings is 1. The van der Waals surface area contributed by atoms with Crippen molar-refractivity contribution in [3.63, 3.8) is 0 Å². The van der Waals surface area contributed by atoms with Gasteiger partial charge in [-0.1, -0.05) is 19.9 Å². The molecule has 3 heterocycles. The van der Waals surface area contributed by atoms with Gasteiger partial charge in [0.25, 0.3) is 0 Å². The Morgan fingerprint density at radius 1 is 1.16 bits per heavy atom. The zero-order chi connectivity index (χ0) is 17.6. The Labute approximate surface area is 149 Å². The first-order valence-electron chi connectivity index (χ1n) is 9.52. The van der Waals surface area contributed by atoms with Crippen molar-refractivity contribution in [2.75, 3.05) is 32.7 Å². The molecule has 2 aromatic heterocycles. The first-order chi connectivity index (χ1) is 12.2. The van der Waals surface area contributed by atoms with E-state index in [9.17, 15) is 4.79 Å². The van der Waals surface area contributed by atoms with Gasteiger partial charge in [-0.25, -0.2) is 0 Å². The minimum absolute atomic E-state index is 0.273. The minimum atomic E-state index is 0.273. The normalized spacial score (nSPS) is 16.4. The summed E-state index contributed by atoms with van der Waals surface area (Å²) in [6.45, 7) is 8.44. The van der Waals surface area contributed by atoms with E-state index in [1.165, 1.54) is 0 Å². The van der Waals surface area contributed by atoms with E-state index in [1.54, 1.807) is 0 Å². The highest BCUT2D eigenvalue weighted by Gasteiger charge is 2.26. The molecule has 25 heavy (non-hydrogen) atoms. The number of rotatable bonds is 7. The van der Waals surface area contributed by atoms with Crippen LogP contribution in [0.15, 0.2) is 24.4 Å². The maximum Gasteiger partial charge on any atom is 0.236 e. The molecule has 0 unspecified atom stereocenters. The van der Waals surface area contributed by atoms with Gasteiger partial charge < -0.3 is 4.90 Å². The molecule has 2 aromatic rings. The summed E-state index contributed by atoms with van der Waals surface area (Å²) in [5, 5.41) is 8.67. The van der Waals surface area contributed by atoms with Crippen LogP contribution < -0.4 is 0 Å². The number of hydrogen-bond acceptors (Lipinski definition) is 4. The first-order valence-corrected chi connectivity index (χ1v) is 9.52. The van der Waals surface area contributed by atoms with Crippen LogP contribution in [0.1, 0.15) is 51.3 Å². The van der Waals surface area contributed by atoms with E-state index in [0.29, 0.717) is 12.5 Å². The molecule has 136 valence electrons. The Kier molecular flexibility index (Phi) is 6.02. The molecule has 1 aliphatic heterocycles. The lowest BCUT2D eigenvalue weighted by atomic mass is 9.96. The van der Waals surface area contributed by atoms with Gasteiger partial charge in [-0.15, -0.1) is 10.2 Å². The van der Waals surface area contributed by atoms with Crippen LogP contribution in [-0.4, -0.2) is 63.0 Å². The van der Waals surface area contributed by atoms with Gasteiger partial charge in [0.05, 0.1) is 6.54 Å². The average molecular weight is 343 g/mol. The predicted octanol–water partition coefficient (Wildman–Crippen LogP) is 2.56. The number of amides is 1. The van der Waals surface area contributed by atoms with Gasteiger partial charge >= 0.3 is 0 Å². The Balaban J connectivity index is 1.56. The van der Waals surface area contributed by atoms with E-state index in [0.717, 1.165) is 63.3 Å². The fraction of sp³-hybridized carbons (Fsp3) is 0.632. The zero-order valence-electron chi connectivity index (χ0n) is 15.4. The van der Waals surface area contributed by atoms with E-state index >= 15 is 0 Å². The summed E-state index contributed by atoms with van der Waals surface area (Å²) in [6.07, 6.45) is 6.14. The topological polar surface area (TPSA) is 53.7 Å². The van der Waals surface area contributed by atoms with Gasteiger partial charge in [0.15, 0.2) is 5.65 Å². The van der Waals surface area contributed by atoms with Crippen molar-refractivity contribution in [1.82, 2.24) is 24.4 Å². The molecule has 6 heteroatoms. The minimum Gasteiger partial charge on any atom is -0.342 e. The molecule has 0 aliphatic carbocycles. The molecule has 0 aromatic carbocycles. The molecule has 0 saturated carbocycles. The van der Waals surface area contributed by atoms with Crippen LogP contribution in [-0.2, 0) is 4.79 Å². The number of carbonyl (C=O) groups is 1. The monoisotopic (exact) mass is 343 g/mol. The lowest BCUT2D eigenvalue weighted by Gasteiger charge is -2.32. The van der Waals surface area contributed by atoms with Crippen molar-refractivity contribution in [2.24, 2.45) is 0 Å². The Bertz CT molecular complexity index is 684. The third kappa shape index (κ3) is 4.18. The first kappa shape index (κ1) is 17.9. The Morgan fingerprint density at radius 3 is 2.56 bits per heavy atom. The maximum absolute atomic E-state index is 12.5. The summed E-state index contributed by atoms with van der Waals surface area (Å²) in [4.78, 5) is 16.8. The van der Waals surface area contributed by atoms with Crippen LogP contribution in [0.2, 0.25) is 0 Å². The van der Waals surface area contributed by atoms with E-state index < -0.39 is 0 Å². The second-order valence-corrected chi connectivity index (χ2v) is 6.92. The summed E-state index contributed by atoms with van der Waals surface area (Å²) in [5.74, 6) is 1.75. The van der Waals surface area contributed by atoms with Gasteiger partial charge in [0.1, 0.15) is 5.82 Å². The zero-order valence-corrected chi connectivity index (χ0v) is 15.4. The van der Waals surface area contributed by atoms with Crippen LogP contribution in [0.3, 0.4) is 0 Å². The fourth-order valence-electron chi connectivity index (χ4n) is 3.68. The van der Waals surface area contributed by atoms with E-state index in [4.69, 9.17) is 0 Å². The third-order valence-electron chi connectivity index (χ3n) is 4.99. The van der Waals surface area contributed by atoms with Crippen LogP contribution in [0.4, 0.5) is 0 Å². The molecule has 6 nitrogen and oxygen atoms in total. The molecular formula is C19H29N5O.